The van der Waals surface area contributed by atoms with Crippen molar-refractivity contribution < 1.29 is 9.90 Å². The number of hydrogen-bond donors (Lipinski definition) is 1. The molecule has 0 aromatic heterocycles. The van der Waals surface area contributed by atoms with E-state index >= 15 is 0 Å². The highest BCUT2D eigenvalue weighted by Crippen LogP contribution is 2.23. The molecule has 0 radical (unpaired) electrons. The van der Waals surface area contributed by atoms with E-state index in [-0.39, 0.29) is 5.91 Å². The first kappa shape index (κ1) is 17.0. The van der Waals surface area contributed by atoms with Gasteiger partial charge in [-0.3, -0.25) is 4.79 Å². The number of likely N-dealkylation sites (tertiary alicyclic amines) is 1. The second-order valence-corrected chi connectivity index (χ2v) is 6.74. The predicted molar refractivity (Wildman–Crippen MR) is 89.1 cm³/mol. The van der Waals surface area contributed by atoms with E-state index in [0.717, 1.165) is 32.2 Å². The standard InChI is InChI=1S/C18H28N2O2/c1-4-6-15-7-9-16(10-8-15)17(21)20-12-5-11-18(22,14-20)13-19(2)3/h7-10,22H,4-6,11-14H2,1-3H3. The maximum Gasteiger partial charge on any atom is 0.253 e. The van der Waals surface area contributed by atoms with Gasteiger partial charge in [-0.15, -0.1) is 0 Å². The van der Waals surface area contributed by atoms with Crippen molar-refractivity contribution >= 4 is 5.91 Å². The van der Waals surface area contributed by atoms with Gasteiger partial charge in [-0.25, -0.2) is 0 Å². The largest absolute Gasteiger partial charge is 0.387 e. The number of aliphatic hydroxyl groups is 1. The summed E-state index contributed by atoms with van der Waals surface area (Å²) in [7, 11) is 3.90. The summed E-state index contributed by atoms with van der Waals surface area (Å²) in [5.41, 5.74) is 1.19. The average molecular weight is 304 g/mol. The van der Waals surface area contributed by atoms with E-state index in [1.54, 1.807) is 4.90 Å². The van der Waals surface area contributed by atoms with Crippen LogP contribution in [-0.4, -0.2) is 60.1 Å². The van der Waals surface area contributed by atoms with E-state index in [4.69, 9.17) is 0 Å². The first-order valence-electron chi connectivity index (χ1n) is 8.19. The second-order valence-electron chi connectivity index (χ2n) is 6.74. The molecule has 0 aliphatic carbocycles. The van der Waals surface area contributed by atoms with Crippen LogP contribution in [0.1, 0.15) is 42.1 Å². The van der Waals surface area contributed by atoms with Crippen molar-refractivity contribution in [1.82, 2.24) is 9.80 Å². The minimum Gasteiger partial charge on any atom is -0.387 e. The van der Waals surface area contributed by atoms with Crippen LogP contribution in [0.5, 0.6) is 0 Å². The SMILES string of the molecule is CCCc1ccc(C(=O)N2CCCC(O)(CN(C)C)C2)cc1. The van der Waals surface area contributed by atoms with Crippen LogP contribution < -0.4 is 0 Å². The molecule has 1 amide bonds. The van der Waals surface area contributed by atoms with Crippen molar-refractivity contribution in [2.75, 3.05) is 33.7 Å². The van der Waals surface area contributed by atoms with Gasteiger partial charge < -0.3 is 14.9 Å². The number of β-amino-alcohol motifs (C(OH)–C–C–N with tert-alkyl or cyclic N) is 1. The highest BCUT2D eigenvalue weighted by Gasteiger charge is 2.35. The second kappa shape index (κ2) is 7.25. The summed E-state index contributed by atoms with van der Waals surface area (Å²) in [6.07, 6.45) is 3.76. The third-order valence-corrected chi connectivity index (χ3v) is 4.19. The lowest BCUT2D eigenvalue weighted by atomic mass is 9.92. The van der Waals surface area contributed by atoms with Gasteiger partial charge in [0, 0.05) is 18.7 Å². The highest BCUT2D eigenvalue weighted by atomic mass is 16.3. The molecular formula is C18H28N2O2. The molecule has 1 atom stereocenters. The number of nitrogens with zero attached hydrogens (tertiary/aromatic N) is 2. The highest BCUT2D eigenvalue weighted by molar-refractivity contribution is 5.94. The topological polar surface area (TPSA) is 43.8 Å². The Morgan fingerprint density at radius 1 is 1.32 bits per heavy atom. The third-order valence-electron chi connectivity index (χ3n) is 4.19. The molecular weight excluding hydrogens is 276 g/mol. The Balaban J connectivity index is 2.05. The molecule has 22 heavy (non-hydrogen) atoms. The maximum atomic E-state index is 12.6. The molecule has 122 valence electrons. The number of likely N-dealkylation sites (N-methyl/N-ethyl adjacent to an activating group) is 1. The van der Waals surface area contributed by atoms with Crippen molar-refractivity contribution in [2.24, 2.45) is 0 Å². The smallest absolute Gasteiger partial charge is 0.253 e. The fourth-order valence-corrected chi connectivity index (χ4v) is 3.29. The van der Waals surface area contributed by atoms with Gasteiger partial charge in [0.1, 0.15) is 0 Å². The molecule has 1 aromatic rings. The van der Waals surface area contributed by atoms with Crippen molar-refractivity contribution in [2.45, 2.75) is 38.2 Å². The summed E-state index contributed by atoms with van der Waals surface area (Å²) in [6, 6.07) is 7.89. The molecule has 0 spiro atoms. The fraction of sp³-hybridized carbons (Fsp3) is 0.611. The van der Waals surface area contributed by atoms with Crippen LogP contribution in [-0.2, 0) is 6.42 Å². The third kappa shape index (κ3) is 4.31. The lowest BCUT2D eigenvalue weighted by Crippen LogP contribution is -2.54. The van der Waals surface area contributed by atoms with E-state index < -0.39 is 5.60 Å². The molecule has 1 aromatic carbocycles. The molecule has 1 heterocycles. The summed E-state index contributed by atoms with van der Waals surface area (Å²) >= 11 is 0. The van der Waals surface area contributed by atoms with Crippen LogP contribution in [0.3, 0.4) is 0 Å². The van der Waals surface area contributed by atoms with Crippen molar-refractivity contribution in [3.63, 3.8) is 0 Å². The number of carbonyl (C=O) groups is 1. The normalized spacial score (nSPS) is 22.1. The van der Waals surface area contributed by atoms with E-state index in [9.17, 15) is 9.90 Å². The first-order chi connectivity index (χ1) is 10.4. The van der Waals surface area contributed by atoms with Crippen molar-refractivity contribution in [3.8, 4) is 0 Å². The van der Waals surface area contributed by atoms with Gasteiger partial charge in [0.15, 0.2) is 0 Å². The van der Waals surface area contributed by atoms with Crippen LogP contribution in [0.2, 0.25) is 0 Å². The van der Waals surface area contributed by atoms with E-state index in [2.05, 4.69) is 6.92 Å². The molecule has 4 heteroatoms. The zero-order valence-corrected chi connectivity index (χ0v) is 14.0. The molecule has 4 nitrogen and oxygen atoms in total. The van der Waals surface area contributed by atoms with Gasteiger partial charge in [0.25, 0.3) is 5.91 Å². The summed E-state index contributed by atoms with van der Waals surface area (Å²) in [6.45, 7) is 3.89. The maximum absolute atomic E-state index is 12.6. The fourth-order valence-electron chi connectivity index (χ4n) is 3.29. The van der Waals surface area contributed by atoms with Crippen LogP contribution in [0, 0.1) is 0 Å². The number of amides is 1. The monoisotopic (exact) mass is 304 g/mol. The number of benzene rings is 1. The molecule has 1 aliphatic heterocycles. The van der Waals surface area contributed by atoms with Crippen LogP contribution in [0.15, 0.2) is 24.3 Å². The van der Waals surface area contributed by atoms with Crippen LogP contribution >= 0.6 is 0 Å². The van der Waals surface area contributed by atoms with Crippen LogP contribution in [0.25, 0.3) is 0 Å². The molecule has 1 aliphatic rings. The Morgan fingerprint density at radius 2 is 2.00 bits per heavy atom. The number of hydrogen-bond acceptors (Lipinski definition) is 3. The molecule has 1 unspecified atom stereocenters. The van der Waals surface area contributed by atoms with E-state index in [0.29, 0.717) is 18.7 Å². The molecule has 1 N–H and O–H groups in total. The molecule has 2 rings (SSSR count). The van der Waals surface area contributed by atoms with Gasteiger partial charge >= 0.3 is 0 Å². The zero-order chi connectivity index (χ0) is 16.2. The summed E-state index contributed by atoms with van der Waals surface area (Å²) in [5, 5.41) is 10.7. The average Bonchev–Trinajstić information content (AvgIpc) is 2.46. The Morgan fingerprint density at radius 3 is 2.59 bits per heavy atom. The molecule has 0 saturated carbocycles. The number of rotatable bonds is 5. The van der Waals surface area contributed by atoms with E-state index in [1.165, 1.54) is 5.56 Å². The molecule has 0 bridgehead atoms. The Hall–Kier alpha value is -1.39. The first-order valence-corrected chi connectivity index (χ1v) is 8.19. The minimum absolute atomic E-state index is 0.0277. The van der Waals surface area contributed by atoms with Crippen molar-refractivity contribution in [1.29, 1.82) is 0 Å². The molecule has 1 fully saturated rings. The molecule has 1 saturated heterocycles. The number of piperidine rings is 1. The Kier molecular flexibility index (Phi) is 5.59. The zero-order valence-electron chi connectivity index (χ0n) is 14.0. The Labute approximate surface area is 133 Å². The van der Waals surface area contributed by atoms with Crippen LogP contribution in [0.4, 0.5) is 0 Å². The minimum atomic E-state index is -0.792. The van der Waals surface area contributed by atoms with Gasteiger partial charge in [0.2, 0.25) is 0 Å². The number of aryl methyl sites for hydroxylation is 1. The Bertz CT molecular complexity index is 498. The lowest BCUT2D eigenvalue weighted by molar-refractivity contribution is -0.0391. The van der Waals surface area contributed by atoms with Gasteiger partial charge in [-0.1, -0.05) is 25.5 Å². The lowest BCUT2D eigenvalue weighted by Gasteiger charge is -2.40. The summed E-state index contributed by atoms with van der Waals surface area (Å²) in [5.74, 6) is 0.0277. The van der Waals surface area contributed by atoms with Gasteiger partial charge in [0.05, 0.1) is 12.1 Å². The summed E-state index contributed by atoms with van der Waals surface area (Å²) < 4.78 is 0. The van der Waals surface area contributed by atoms with Gasteiger partial charge in [-0.2, -0.15) is 0 Å². The number of carbonyl (C=O) groups excluding carboxylic acids is 1. The quantitative estimate of drug-likeness (QED) is 0.906. The van der Waals surface area contributed by atoms with E-state index in [1.807, 2.05) is 43.3 Å². The van der Waals surface area contributed by atoms with Crippen molar-refractivity contribution in [3.05, 3.63) is 35.4 Å². The summed E-state index contributed by atoms with van der Waals surface area (Å²) in [4.78, 5) is 16.4. The van der Waals surface area contributed by atoms with Gasteiger partial charge in [-0.05, 0) is 51.1 Å². The predicted octanol–water partition coefficient (Wildman–Crippen LogP) is 2.17.